The lowest BCUT2D eigenvalue weighted by atomic mass is 10.00. The normalized spacial score (nSPS) is 17.7. The van der Waals surface area contributed by atoms with Crippen molar-refractivity contribution >= 4 is 39.1 Å². The van der Waals surface area contributed by atoms with Crippen LogP contribution in [-0.2, 0) is 10.0 Å². The summed E-state index contributed by atoms with van der Waals surface area (Å²) < 4.78 is 22.8. The minimum absolute atomic E-state index is 0.0151. The van der Waals surface area contributed by atoms with Crippen LogP contribution in [-0.4, -0.2) is 19.9 Å². The van der Waals surface area contributed by atoms with E-state index in [1.165, 1.54) is 0 Å². The van der Waals surface area contributed by atoms with Gasteiger partial charge in [0.05, 0.1) is 20.5 Å². The maximum absolute atomic E-state index is 12.4. The quantitative estimate of drug-likeness (QED) is 0.877. The standard InChI is InChI=1S/C13H16Cl2N2O3S/c1-13(4-2-3-5-13)17-12(18)9-6-8(21(16,19)20)7-10(14)11(9)15/h6-7H,2-5H2,1H3,(H,17,18)(H2,16,19,20). The highest BCUT2D eigenvalue weighted by molar-refractivity contribution is 7.89. The Balaban J connectivity index is 2.38. The molecule has 0 heterocycles. The summed E-state index contributed by atoms with van der Waals surface area (Å²) >= 11 is 11.9. The Hall–Kier alpha value is -0.820. The molecule has 116 valence electrons. The summed E-state index contributed by atoms with van der Waals surface area (Å²) in [6.07, 6.45) is 3.84. The summed E-state index contributed by atoms with van der Waals surface area (Å²) in [4.78, 5) is 12.1. The zero-order valence-corrected chi connectivity index (χ0v) is 13.8. The summed E-state index contributed by atoms with van der Waals surface area (Å²) in [6.45, 7) is 1.96. The van der Waals surface area contributed by atoms with Crippen LogP contribution in [0, 0.1) is 0 Å². The molecule has 0 aliphatic heterocycles. The molecule has 3 N–H and O–H groups in total. The molecular weight excluding hydrogens is 335 g/mol. The second-order valence-corrected chi connectivity index (χ2v) is 7.88. The lowest BCUT2D eigenvalue weighted by Crippen LogP contribution is -2.43. The molecule has 5 nitrogen and oxygen atoms in total. The van der Waals surface area contributed by atoms with Crippen LogP contribution in [0.25, 0.3) is 0 Å². The van der Waals surface area contributed by atoms with Crippen molar-refractivity contribution in [2.45, 2.75) is 43.0 Å². The highest BCUT2D eigenvalue weighted by Gasteiger charge is 2.31. The Labute approximate surface area is 133 Å². The largest absolute Gasteiger partial charge is 0.347 e. The fourth-order valence-corrected chi connectivity index (χ4v) is 3.56. The number of rotatable bonds is 3. The number of halogens is 2. The molecule has 1 aliphatic rings. The third-order valence-corrected chi connectivity index (χ3v) is 5.39. The van der Waals surface area contributed by atoms with Gasteiger partial charge in [0.1, 0.15) is 0 Å². The van der Waals surface area contributed by atoms with Gasteiger partial charge in [-0.25, -0.2) is 13.6 Å². The number of amides is 1. The molecule has 2 rings (SSSR count). The van der Waals surface area contributed by atoms with Crippen molar-refractivity contribution in [2.24, 2.45) is 5.14 Å². The van der Waals surface area contributed by atoms with Crippen LogP contribution in [0.4, 0.5) is 0 Å². The number of benzene rings is 1. The fraction of sp³-hybridized carbons (Fsp3) is 0.462. The van der Waals surface area contributed by atoms with Crippen LogP contribution < -0.4 is 10.5 Å². The van der Waals surface area contributed by atoms with Crippen molar-refractivity contribution in [3.8, 4) is 0 Å². The second-order valence-electron chi connectivity index (χ2n) is 5.53. The van der Waals surface area contributed by atoms with E-state index >= 15 is 0 Å². The lowest BCUT2D eigenvalue weighted by molar-refractivity contribution is 0.0908. The van der Waals surface area contributed by atoms with Crippen LogP contribution in [0.15, 0.2) is 17.0 Å². The number of hydrogen-bond donors (Lipinski definition) is 2. The third-order valence-electron chi connectivity index (χ3n) is 3.70. The van der Waals surface area contributed by atoms with Gasteiger partial charge < -0.3 is 5.32 Å². The van der Waals surface area contributed by atoms with E-state index in [0.717, 1.165) is 37.8 Å². The molecule has 1 aromatic carbocycles. The number of carbonyl (C=O) groups excluding carboxylic acids is 1. The topological polar surface area (TPSA) is 89.3 Å². The van der Waals surface area contributed by atoms with E-state index in [4.69, 9.17) is 28.3 Å². The van der Waals surface area contributed by atoms with E-state index in [2.05, 4.69) is 5.32 Å². The number of sulfonamides is 1. The molecule has 1 aromatic rings. The third kappa shape index (κ3) is 3.69. The summed E-state index contributed by atoms with van der Waals surface area (Å²) in [5.74, 6) is -0.447. The monoisotopic (exact) mass is 350 g/mol. The molecule has 1 aliphatic carbocycles. The zero-order chi connectivity index (χ0) is 15.8. The van der Waals surface area contributed by atoms with Crippen molar-refractivity contribution in [3.05, 3.63) is 27.7 Å². The summed E-state index contributed by atoms with van der Waals surface area (Å²) in [5.41, 5.74) is -0.286. The minimum atomic E-state index is -3.96. The first kappa shape index (κ1) is 16.5. The molecule has 21 heavy (non-hydrogen) atoms. The van der Waals surface area contributed by atoms with Crippen LogP contribution >= 0.6 is 23.2 Å². The van der Waals surface area contributed by atoms with E-state index in [1.807, 2.05) is 6.92 Å². The van der Waals surface area contributed by atoms with Gasteiger partial charge in [-0.1, -0.05) is 36.0 Å². The second kappa shape index (κ2) is 5.76. The van der Waals surface area contributed by atoms with Gasteiger partial charge in [0.2, 0.25) is 10.0 Å². The van der Waals surface area contributed by atoms with Gasteiger partial charge >= 0.3 is 0 Å². The van der Waals surface area contributed by atoms with Gasteiger partial charge in [0.15, 0.2) is 0 Å². The van der Waals surface area contributed by atoms with Crippen molar-refractivity contribution in [2.75, 3.05) is 0 Å². The predicted molar refractivity (Wildman–Crippen MR) is 82.2 cm³/mol. The number of hydrogen-bond acceptors (Lipinski definition) is 3. The van der Waals surface area contributed by atoms with Crippen molar-refractivity contribution in [1.29, 1.82) is 0 Å². The molecule has 1 amide bonds. The summed E-state index contributed by atoms with van der Waals surface area (Å²) in [6, 6.07) is 2.28. The molecule has 0 spiro atoms. The molecule has 0 radical (unpaired) electrons. The molecule has 0 saturated heterocycles. The average Bonchev–Trinajstić information content (AvgIpc) is 2.77. The Morgan fingerprint density at radius 1 is 1.29 bits per heavy atom. The Kier molecular flexibility index (Phi) is 4.54. The van der Waals surface area contributed by atoms with Crippen LogP contribution in [0.1, 0.15) is 43.0 Å². The highest BCUT2D eigenvalue weighted by Crippen LogP contribution is 2.32. The van der Waals surface area contributed by atoms with Gasteiger partial charge in [-0.2, -0.15) is 0 Å². The van der Waals surface area contributed by atoms with Gasteiger partial charge in [-0.3, -0.25) is 4.79 Å². The summed E-state index contributed by atoms with van der Waals surface area (Å²) in [7, 11) is -3.96. The van der Waals surface area contributed by atoms with Gasteiger partial charge in [0.25, 0.3) is 5.91 Å². The number of nitrogens with two attached hydrogens (primary N) is 1. The SMILES string of the molecule is CC1(NC(=O)c2cc(S(N)(=O)=O)cc(Cl)c2Cl)CCCC1. The number of primary sulfonamides is 1. The maximum atomic E-state index is 12.4. The smallest absolute Gasteiger partial charge is 0.253 e. The Morgan fingerprint density at radius 2 is 1.86 bits per heavy atom. The number of nitrogens with one attached hydrogen (secondary N) is 1. The average molecular weight is 351 g/mol. The van der Waals surface area contributed by atoms with Gasteiger partial charge in [-0.15, -0.1) is 0 Å². The van der Waals surface area contributed by atoms with E-state index in [0.29, 0.717) is 0 Å². The molecule has 0 aromatic heterocycles. The molecule has 1 fully saturated rings. The first-order chi connectivity index (χ1) is 9.62. The van der Waals surface area contributed by atoms with Crippen LogP contribution in [0.2, 0.25) is 10.0 Å². The minimum Gasteiger partial charge on any atom is -0.347 e. The first-order valence-corrected chi connectivity index (χ1v) is 8.77. The van der Waals surface area contributed by atoms with Crippen molar-refractivity contribution in [1.82, 2.24) is 5.32 Å². The summed E-state index contributed by atoms with van der Waals surface area (Å²) in [5, 5.41) is 7.97. The van der Waals surface area contributed by atoms with Crippen LogP contribution in [0.5, 0.6) is 0 Å². The van der Waals surface area contributed by atoms with Crippen LogP contribution in [0.3, 0.4) is 0 Å². The van der Waals surface area contributed by atoms with E-state index in [1.54, 1.807) is 0 Å². The van der Waals surface area contributed by atoms with Crippen molar-refractivity contribution in [3.63, 3.8) is 0 Å². The lowest BCUT2D eigenvalue weighted by Gasteiger charge is -2.25. The molecule has 0 bridgehead atoms. The molecule has 8 heteroatoms. The predicted octanol–water partition coefficient (Wildman–Crippen LogP) is 2.70. The first-order valence-electron chi connectivity index (χ1n) is 6.47. The maximum Gasteiger partial charge on any atom is 0.253 e. The molecule has 1 saturated carbocycles. The van der Waals surface area contributed by atoms with Crippen molar-refractivity contribution < 1.29 is 13.2 Å². The number of carbonyl (C=O) groups is 1. The Bertz CT molecular complexity index is 683. The molecule has 0 atom stereocenters. The highest BCUT2D eigenvalue weighted by atomic mass is 35.5. The zero-order valence-electron chi connectivity index (χ0n) is 11.4. The molecular formula is C13H16Cl2N2O3S. The van der Waals surface area contributed by atoms with E-state index in [9.17, 15) is 13.2 Å². The molecule has 0 unspecified atom stereocenters. The van der Waals surface area contributed by atoms with Gasteiger partial charge in [-0.05, 0) is 31.9 Å². The van der Waals surface area contributed by atoms with E-state index in [-0.39, 0.29) is 26.0 Å². The Morgan fingerprint density at radius 3 is 2.38 bits per heavy atom. The fourth-order valence-electron chi connectivity index (χ4n) is 2.52. The van der Waals surface area contributed by atoms with E-state index < -0.39 is 15.9 Å². The van der Waals surface area contributed by atoms with Gasteiger partial charge in [0, 0.05) is 5.54 Å².